The Morgan fingerprint density at radius 2 is 0.765 bits per heavy atom. The number of halogens is 4. The maximum Gasteiger partial charge on any atom is 0.193 e. The molecule has 0 saturated heterocycles. The lowest BCUT2D eigenvalue weighted by Gasteiger charge is -2.43. The fourth-order valence-electron chi connectivity index (χ4n) is 14.5. The zero-order valence-electron chi connectivity index (χ0n) is 35.3. The Bertz CT molecular complexity index is 4340. The molecule has 314 valence electrons. The zero-order valence-corrected chi connectivity index (χ0v) is 35.3. The number of benzene rings is 9. The second kappa shape index (κ2) is 11.4. The molecule has 0 N–H and O–H groups in total. The molecule has 0 saturated carbocycles. The Labute approximate surface area is 382 Å². The van der Waals surface area contributed by atoms with Crippen molar-refractivity contribution in [2.24, 2.45) is 0 Å². The molecule has 4 bridgehead atoms. The third-order valence-electron chi connectivity index (χ3n) is 16.6. The molecule has 19 rings (SSSR count). The van der Waals surface area contributed by atoms with Crippen molar-refractivity contribution in [2.75, 3.05) is 0 Å². The van der Waals surface area contributed by atoms with Gasteiger partial charge in [0, 0.05) is 84.4 Å². The zero-order chi connectivity index (χ0) is 44.9. The lowest BCUT2D eigenvalue weighted by Crippen LogP contribution is -2.28. The third-order valence-corrected chi connectivity index (χ3v) is 16.6. The molecule has 4 heterocycles. The van der Waals surface area contributed by atoms with E-state index in [1.54, 1.807) is 0 Å². The van der Waals surface area contributed by atoms with E-state index in [2.05, 4.69) is 59.4 Å². The summed E-state index contributed by atoms with van der Waals surface area (Å²) in [6.07, 6.45) is 0. The van der Waals surface area contributed by atoms with Crippen molar-refractivity contribution in [3.63, 3.8) is 0 Å². The van der Waals surface area contributed by atoms with E-state index in [0.29, 0.717) is 65.9 Å². The van der Waals surface area contributed by atoms with Gasteiger partial charge in [-0.25, -0.2) is 22.4 Å². The normalized spacial score (nSPS) is 18.3. The van der Waals surface area contributed by atoms with Crippen LogP contribution in [-0.2, 0) is 0 Å². The van der Waals surface area contributed by atoms with Gasteiger partial charge in [0.25, 0.3) is 0 Å². The molecule has 4 aromatic heterocycles. The Morgan fingerprint density at radius 3 is 1.16 bits per heavy atom. The first-order chi connectivity index (χ1) is 33.4. The van der Waals surface area contributed by atoms with Crippen LogP contribution in [-0.4, -0.2) is 8.80 Å². The summed E-state index contributed by atoms with van der Waals surface area (Å²) in [6, 6.07) is 44.7. The van der Waals surface area contributed by atoms with Crippen LogP contribution in [0.4, 0.5) is 23.2 Å². The molecule has 0 aliphatic heterocycles. The molecule has 0 unspecified atom stereocenters. The largest absolute Gasteiger partial charge is 0.309 e. The molecule has 6 aliphatic carbocycles. The SMILES string of the molecule is [C-]#[N+]c1cc2c(c3c1C1c4ccccc4C3c3ccccc31)c1c(F)cc(F)c3c4cc5c(cc4n2c31)c1c(F)cc(F)c2c3c4c(c(C#N)cc3n5c12)C1c2ccccc2C4c2ccccc21. The first-order valence-electron chi connectivity index (χ1n) is 22.8. The van der Waals surface area contributed by atoms with Crippen molar-refractivity contribution in [3.8, 4) is 6.07 Å². The van der Waals surface area contributed by atoms with Gasteiger partial charge in [-0.3, -0.25) is 0 Å². The van der Waals surface area contributed by atoms with Gasteiger partial charge in [-0.15, -0.1) is 0 Å². The molecule has 9 aromatic carbocycles. The first kappa shape index (κ1) is 35.5. The third kappa shape index (κ3) is 3.64. The summed E-state index contributed by atoms with van der Waals surface area (Å²) in [5, 5.41) is 14.1. The second-order valence-corrected chi connectivity index (χ2v) is 19.2. The minimum absolute atomic E-state index is 0.199. The Kier molecular flexibility index (Phi) is 5.98. The molecule has 6 aliphatic rings. The molecule has 68 heavy (non-hydrogen) atoms. The van der Waals surface area contributed by atoms with Gasteiger partial charge in [-0.1, -0.05) is 97.1 Å². The van der Waals surface area contributed by atoms with Gasteiger partial charge in [-0.05, 0) is 91.0 Å². The van der Waals surface area contributed by atoms with E-state index in [0.717, 1.165) is 78.9 Å². The van der Waals surface area contributed by atoms with Crippen LogP contribution in [0, 0.1) is 41.2 Å². The van der Waals surface area contributed by atoms with Crippen LogP contribution in [0.5, 0.6) is 0 Å². The minimum atomic E-state index is -0.752. The van der Waals surface area contributed by atoms with Crippen LogP contribution in [0.3, 0.4) is 0 Å². The molecule has 4 nitrogen and oxygen atoms in total. The average Bonchev–Trinajstić information content (AvgIpc) is 4.09. The molecule has 0 spiro atoms. The molecule has 13 aromatic rings. The Morgan fingerprint density at radius 1 is 0.412 bits per heavy atom. The van der Waals surface area contributed by atoms with E-state index in [-0.39, 0.29) is 45.2 Å². The summed E-state index contributed by atoms with van der Waals surface area (Å²) in [5.74, 6) is -4.05. The number of rotatable bonds is 0. The van der Waals surface area contributed by atoms with E-state index in [1.165, 1.54) is 0 Å². The van der Waals surface area contributed by atoms with Gasteiger partial charge >= 0.3 is 0 Å². The first-order valence-corrected chi connectivity index (χ1v) is 22.8. The lowest BCUT2D eigenvalue weighted by molar-refractivity contribution is 0.599. The second-order valence-electron chi connectivity index (χ2n) is 19.2. The standard InChI is InChI=1S/C60H26F4N4/c1-66-40-23-44-56(58-49-32-16-8-4-12-28(32)47(54(40)58)29-13-5-9-17-33(29)49)53-39(64)22-37(62)51-35-19-41-34(20-42(35)68(44)60(51)53)50-36(61)21-38(63)52-55-43(67(41)59(50)52)18-25(24-65)45-46-26-10-2-6-14-30(26)48(57(45)55)31-15-7-3-11-27(31)46/h2-23,46-49H. The van der Waals surface area contributed by atoms with Crippen LogP contribution < -0.4 is 0 Å². The van der Waals surface area contributed by atoms with Gasteiger partial charge in [0.1, 0.15) is 23.3 Å². The molecule has 0 fully saturated rings. The maximum atomic E-state index is 17.0. The van der Waals surface area contributed by atoms with E-state index in [4.69, 9.17) is 6.57 Å². The number of hydrogen-bond acceptors (Lipinski definition) is 1. The number of nitrogens with zero attached hydrogens (tertiary/aromatic N) is 4. The monoisotopic (exact) mass is 878 g/mol. The molecule has 8 heteroatoms. The maximum absolute atomic E-state index is 17.0. The Balaban J connectivity index is 1.03. The van der Waals surface area contributed by atoms with Crippen LogP contribution in [0.2, 0.25) is 0 Å². The number of fused-ring (bicyclic) bond motifs is 12. The van der Waals surface area contributed by atoms with Crippen molar-refractivity contribution >= 4 is 81.9 Å². The summed E-state index contributed by atoms with van der Waals surface area (Å²) in [4.78, 5) is 4.15. The highest BCUT2D eigenvalue weighted by molar-refractivity contribution is 6.30. The van der Waals surface area contributed by atoms with Crippen molar-refractivity contribution in [1.29, 1.82) is 5.26 Å². The van der Waals surface area contributed by atoms with Gasteiger partial charge < -0.3 is 8.80 Å². The topological polar surface area (TPSA) is 37.0 Å². The average molecular weight is 879 g/mol. The predicted octanol–water partition coefficient (Wildman–Crippen LogP) is 14.9. The lowest BCUT2D eigenvalue weighted by atomic mass is 9.59. The highest BCUT2D eigenvalue weighted by Gasteiger charge is 2.47. The van der Waals surface area contributed by atoms with E-state index in [1.807, 2.05) is 81.6 Å². The highest BCUT2D eigenvalue weighted by atomic mass is 19.1. The predicted molar refractivity (Wildman–Crippen MR) is 256 cm³/mol. The molecule has 0 amide bonds. The smallest absolute Gasteiger partial charge is 0.193 e. The summed E-state index contributed by atoms with van der Waals surface area (Å²) in [5.41, 5.74) is 15.9. The molecule has 0 atom stereocenters. The summed E-state index contributed by atoms with van der Waals surface area (Å²) < 4.78 is 71.7. The summed E-state index contributed by atoms with van der Waals surface area (Å²) in [7, 11) is 0. The fraction of sp³-hybridized carbons (Fsp3) is 0.0667. The van der Waals surface area contributed by atoms with Crippen LogP contribution in [0.25, 0.3) is 81.0 Å². The van der Waals surface area contributed by atoms with Gasteiger partial charge in [-0.2, -0.15) is 5.26 Å². The molecule has 0 radical (unpaired) electrons. The minimum Gasteiger partial charge on any atom is -0.309 e. The summed E-state index contributed by atoms with van der Waals surface area (Å²) >= 11 is 0. The molecular formula is C60H26F4N4. The van der Waals surface area contributed by atoms with E-state index in [9.17, 15) is 5.26 Å². The quantitative estimate of drug-likeness (QED) is 0.110. The summed E-state index contributed by atoms with van der Waals surface area (Å²) in [6.45, 7) is 8.60. The van der Waals surface area contributed by atoms with Gasteiger partial charge in [0.15, 0.2) is 5.69 Å². The number of aromatic nitrogens is 2. The van der Waals surface area contributed by atoms with E-state index < -0.39 is 23.3 Å². The van der Waals surface area contributed by atoms with Crippen molar-refractivity contribution < 1.29 is 17.6 Å². The van der Waals surface area contributed by atoms with Crippen LogP contribution >= 0.6 is 0 Å². The van der Waals surface area contributed by atoms with Gasteiger partial charge in [0.2, 0.25) is 0 Å². The Hall–Kier alpha value is -8.72. The highest BCUT2D eigenvalue weighted by Crippen LogP contribution is 2.63. The number of nitriles is 1. The molecular weight excluding hydrogens is 853 g/mol. The van der Waals surface area contributed by atoms with Crippen LogP contribution in [0.15, 0.2) is 133 Å². The van der Waals surface area contributed by atoms with Crippen LogP contribution in [0.1, 0.15) is 96.0 Å². The van der Waals surface area contributed by atoms with Crippen molar-refractivity contribution in [1.82, 2.24) is 8.80 Å². The number of hydrogen-bond donors (Lipinski definition) is 0. The van der Waals surface area contributed by atoms with Gasteiger partial charge in [0.05, 0.1) is 45.8 Å². The van der Waals surface area contributed by atoms with Crippen molar-refractivity contribution in [2.45, 2.75) is 23.7 Å². The van der Waals surface area contributed by atoms with E-state index >= 15 is 17.6 Å². The fourth-order valence-corrected chi connectivity index (χ4v) is 14.5. The van der Waals surface area contributed by atoms with Crippen molar-refractivity contribution in [3.05, 3.63) is 240 Å².